The van der Waals surface area contributed by atoms with E-state index in [2.05, 4.69) is 0 Å². The van der Waals surface area contributed by atoms with E-state index >= 15 is 0 Å². The number of amides is 1. The number of para-hydroxylation sites is 1. The lowest BCUT2D eigenvalue weighted by Crippen LogP contribution is -2.41. The highest BCUT2D eigenvalue weighted by atomic mass is 35.5. The molecule has 1 aromatic carbocycles. The quantitative estimate of drug-likeness (QED) is 0.769. The monoisotopic (exact) mass is 301 g/mol. The normalized spacial score (nSPS) is 9.85. The first-order chi connectivity index (χ1) is 9.40. The molecule has 0 atom stereocenters. The lowest BCUT2D eigenvalue weighted by molar-refractivity contribution is -0.150. The summed E-state index contributed by atoms with van der Waals surface area (Å²) in [5.74, 6) is -3.11. The van der Waals surface area contributed by atoms with E-state index in [1.165, 1.54) is 6.07 Å². The van der Waals surface area contributed by atoms with Gasteiger partial charge in [-0.2, -0.15) is 0 Å². The highest BCUT2D eigenvalue weighted by molar-refractivity contribution is 6.32. The molecule has 0 spiro atoms. The third-order valence-corrected chi connectivity index (χ3v) is 2.50. The molecule has 0 unspecified atom stereocenters. The standard InChI is InChI=1S/C12H12ClNO6/c13-8-3-1-2-4-9(8)20-7-10(15)14(5-11(16)17)6-12(18)19/h1-4H,5-7H2,(H,16,17)(H,18,19). The maximum atomic E-state index is 11.7. The van der Waals surface area contributed by atoms with Crippen molar-refractivity contribution < 1.29 is 29.3 Å². The molecule has 0 bridgehead atoms. The lowest BCUT2D eigenvalue weighted by atomic mass is 10.3. The molecule has 0 radical (unpaired) electrons. The van der Waals surface area contributed by atoms with Crippen molar-refractivity contribution in [1.82, 2.24) is 4.90 Å². The van der Waals surface area contributed by atoms with E-state index in [9.17, 15) is 14.4 Å². The molecule has 0 saturated carbocycles. The van der Waals surface area contributed by atoms with Crippen molar-refractivity contribution in [1.29, 1.82) is 0 Å². The Morgan fingerprint density at radius 2 is 1.65 bits per heavy atom. The van der Waals surface area contributed by atoms with Gasteiger partial charge in [0.2, 0.25) is 0 Å². The van der Waals surface area contributed by atoms with Gasteiger partial charge in [0.15, 0.2) is 6.61 Å². The second-order valence-corrected chi connectivity index (χ2v) is 4.16. The Morgan fingerprint density at radius 3 is 2.15 bits per heavy atom. The molecule has 1 rings (SSSR count). The van der Waals surface area contributed by atoms with Gasteiger partial charge in [0.25, 0.3) is 5.91 Å². The van der Waals surface area contributed by atoms with Crippen LogP contribution in [0.3, 0.4) is 0 Å². The molecule has 0 aliphatic heterocycles. The zero-order valence-corrected chi connectivity index (χ0v) is 11.0. The van der Waals surface area contributed by atoms with Crippen LogP contribution in [0, 0.1) is 0 Å². The molecule has 0 aliphatic rings. The van der Waals surface area contributed by atoms with E-state index in [0.29, 0.717) is 9.92 Å². The van der Waals surface area contributed by atoms with Gasteiger partial charge in [-0.25, -0.2) is 0 Å². The number of ether oxygens (including phenoxy) is 1. The number of nitrogens with zero attached hydrogens (tertiary/aromatic N) is 1. The van der Waals surface area contributed by atoms with Gasteiger partial charge in [-0.05, 0) is 12.1 Å². The van der Waals surface area contributed by atoms with E-state index < -0.39 is 37.5 Å². The summed E-state index contributed by atoms with van der Waals surface area (Å²) in [6.07, 6.45) is 0. The minimum atomic E-state index is -1.31. The maximum absolute atomic E-state index is 11.7. The Hall–Kier alpha value is -2.28. The first kappa shape index (κ1) is 15.8. The summed E-state index contributed by atoms with van der Waals surface area (Å²) in [4.78, 5) is 33.5. The van der Waals surface area contributed by atoms with Crippen LogP contribution >= 0.6 is 11.6 Å². The van der Waals surface area contributed by atoms with E-state index in [-0.39, 0.29) is 5.75 Å². The first-order valence-corrected chi connectivity index (χ1v) is 5.86. The van der Waals surface area contributed by atoms with Crippen molar-refractivity contribution in [2.75, 3.05) is 19.7 Å². The Bertz CT molecular complexity index is 502. The molecule has 0 saturated heterocycles. The van der Waals surface area contributed by atoms with Crippen LogP contribution in [-0.4, -0.2) is 52.7 Å². The molecule has 8 heteroatoms. The fourth-order valence-electron chi connectivity index (χ4n) is 1.35. The number of halogens is 1. The van der Waals surface area contributed by atoms with E-state index in [1.54, 1.807) is 18.2 Å². The van der Waals surface area contributed by atoms with Gasteiger partial charge >= 0.3 is 11.9 Å². The molecular weight excluding hydrogens is 290 g/mol. The predicted molar refractivity (Wildman–Crippen MR) is 68.8 cm³/mol. The number of carbonyl (C=O) groups is 3. The number of carbonyl (C=O) groups excluding carboxylic acids is 1. The van der Waals surface area contributed by atoms with Crippen molar-refractivity contribution in [3.63, 3.8) is 0 Å². The van der Waals surface area contributed by atoms with E-state index in [0.717, 1.165) is 0 Å². The summed E-state index contributed by atoms with van der Waals surface area (Å²) in [6, 6.07) is 6.43. The zero-order valence-electron chi connectivity index (χ0n) is 10.3. The van der Waals surface area contributed by atoms with Gasteiger partial charge in [-0.1, -0.05) is 23.7 Å². The summed E-state index contributed by atoms with van der Waals surface area (Å²) >= 11 is 5.82. The third-order valence-electron chi connectivity index (χ3n) is 2.19. The predicted octanol–water partition coefficient (Wildman–Crippen LogP) is 0.717. The molecule has 0 aromatic heterocycles. The Morgan fingerprint density at radius 1 is 1.10 bits per heavy atom. The minimum Gasteiger partial charge on any atom is -0.482 e. The smallest absolute Gasteiger partial charge is 0.323 e. The third kappa shape index (κ3) is 5.15. The van der Waals surface area contributed by atoms with Crippen LogP contribution in [0.2, 0.25) is 5.02 Å². The molecular formula is C12H12ClNO6. The fourth-order valence-corrected chi connectivity index (χ4v) is 1.54. The summed E-state index contributed by atoms with van der Waals surface area (Å²) in [6.45, 7) is -1.92. The molecule has 2 N–H and O–H groups in total. The number of hydrogen-bond acceptors (Lipinski definition) is 4. The fraction of sp³-hybridized carbons (Fsp3) is 0.250. The zero-order chi connectivity index (χ0) is 15.1. The second kappa shape index (κ2) is 7.34. The number of carboxylic acids is 2. The number of aliphatic carboxylic acids is 2. The summed E-state index contributed by atoms with van der Waals surface area (Å²) in [5.41, 5.74) is 0. The highest BCUT2D eigenvalue weighted by Crippen LogP contribution is 2.22. The van der Waals surface area contributed by atoms with Gasteiger partial charge in [0.05, 0.1) is 5.02 Å². The molecule has 1 aromatic rings. The number of hydrogen-bond donors (Lipinski definition) is 2. The lowest BCUT2D eigenvalue weighted by Gasteiger charge is -2.18. The molecule has 108 valence electrons. The largest absolute Gasteiger partial charge is 0.482 e. The Balaban J connectivity index is 2.64. The van der Waals surface area contributed by atoms with Crippen LogP contribution in [0.15, 0.2) is 24.3 Å². The van der Waals surface area contributed by atoms with Crippen molar-refractivity contribution in [2.24, 2.45) is 0 Å². The van der Waals surface area contributed by atoms with Crippen LogP contribution in [-0.2, 0) is 14.4 Å². The average Bonchev–Trinajstić information content (AvgIpc) is 2.35. The highest BCUT2D eigenvalue weighted by Gasteiger charge is 2.20. The number of benzene rings is 1. The van der Waals surface area contributed by atoms with E-state index in [4.69, 9.17) is 26.6 Å². The average molecular weight is 302 g/mol. The van der Waals surface area contributed by atoms with Crippen molar-refractivity contribution in [3.05, 3.63) is 29.3 Å². The Labute approximate surface area is 119 Å². The Kier molecular flexibility index (Phi) is 5.79. The van der Waals surface area contributed by atoms with Crippen molar-refractivity contribution in [2.45, 2.75) is 0 Å². The van der Waals surface area contributed by atoms with Crippen molar-refractivity contribution in [3.8, 4) is 5.75 Å². The number of rotatable bonds is 7. The minimum absolute atomic E-state index is 0.258. The van der Waals surface area contributed by atoms with Crippen LogP contribution in [0.5, 0.6) is 5.75 Å². The van der Waals surface area contributed by atoms with Crippen LogP contribution in [0.1, 0.15) is 0 Å². The molecule has 20 heavy (non-hydrogen) atoms. The summed E-state index contributed by atoms with van der Waals surface area (Å²) in [7, 11) is 0. The molecule has 0 fully saturated rings. The topological polar surface area (TPSA) is 104 Å². The van der Waals surface area contributed by atoms with Gasteiger partial charge in [0.1, 0.15) is 18.8 Å². The van der Waals surface area contributed by atoms with Crippen molar-refractivity contribution >= 4 is 29.4 Å². The van der Waals surface area contributed by atoms with Crippen LogP contribution in [0.25, 0.3) is 0 Å². The van der Waals surface area contributed by atoms with Crippen LogP contribution in [0.4, 0.5) is 0 Å². The maximum Gasteiger partial charge on any atom is 0.323 e. The molecule has 7 nitrogen and oxygen atoms in total. The number of carboxylic acid groups (broad SMARTS) is 2. The molecule has 1 amide bonds. The first-order valence-electron chi connectivity index (χ1n) is 5.49. The second-order valence-electron chi connectivity index (χ2n) is 3.76. The summed E-state index contributed by atoms with van der Waals surface area (Å²) in [5, 5.41) is 17.5. The van der Waals surface area contributed by atoms with Crippen LogP contribution < -0.4 is 4.74 Å². The van der Waals surface area contributed by atoms with E-state index in [1.807, 2.05) is 0 Å². The summed E-state index contributed by atoms with van der Waals surface area (Å²) < 4.78 is 5.13. The SMILES string of the molecule is O=C(O)CN(CC(=O)O)C(=O)COc1ccccc1Cl. The molecule has 0 heterocycles. The van der Waals surface area contributed by atoms with Gasteiger partial charge < -0.3 is 19.8 Å². The molecule has 0 aliphatic carbocycles. The van der Waals surface area contributed by atoms with Gasteiger partial charge in [-0.15, -0.1) is 0 Å². The van der Waals surface area contributed by atoms with Gasteiger partial charge in [0, 0.05) is 0 Å². The van der Waals surface area contributed by atoms with Gasteiger partial charge in [-0.3, -0.25) is 14.4 Å².